The van der Waals surface area contributed by atoms with Gasteiger partial charge in [0.25, 0.3) is 0 Å². The molecule has 0 aliphatic carbocycles. The molecule has 0 atom stereocenters. The fourth-order valence-electron chi connectivity index (χ4n) is 1.28. The van der Waals surface area contributed by atoms with Gasteiger partial charge in [-0.15, -0.1) is 11.3 Å². The maximum absolute atomic E-state index is 11.7. The highest BCUT2D eigenvalue weighted by Crippen LogP contribution is 2.26. The zero-order valence-electron chi connectivity index (χ0n) is 9.18. The fraction of sp³-hybridized carbons (Fsp3) is 0.250. The molecule has 16 heavy (non-hydrogen) atoms. The van der Waals surface area contributed by atoms with E-state index in [1.54, 1.807) is 18.6 Å². The van der Waals surface area contributed by atoms with Gasteiger partial charge in [-0.25, -0.2) is 4.98 Å². The Hall–Kier alpha value is -1.55. The molecule has 0 N–H and O–H groups in total. The zero-order valence-corrected chi connectivity index (χ0v) is 9.99. The molecule has 3 nitrogen and oxygen atoms in total. The quantitative estimate of drug-likeness (QED) is 0.764. The first-order valence-corrected chi connectivity index (χ1v) is 5.90. The van der Waals surface area contributed by atoms with Crippen molar-refractivity contribution in [2.75, 3.05) is 0 Å². The molecule has 0 aliphatic rings. The smallest absolute Gasteiger partial charge is 0.193 e. The van der Waals surface area contributed by atoms with Crippen LogP contribution < -0.4 is 0 Å². The van der Waals surface area contributed by atoms with E-state index in [0.717, 1.165) is 10.4 Å². The molecular formula is C12H12N2OS. The average Bonchev–Trinajstić information content (AvgIpc) is 2.78. The van der Waals surface area contributed by atoms with Crippen LogP contribution >= 0.6 is 11.3 Å². The number of pyridine rings is 1. The Morgan fingerprint density at radius 2 is 2.00 bits per heavy atom. The van der Waals surface area contributed by atoms with Gasteiger partial charge >= 0.3 is 0 Å². The Morgan fingerprint density at radius 1 is 1.31 bits per heavy atom. The molecule has 82 valence electrons. The Balaban J connectivity index is 2.30. The summed E-state index contributed by atoms with van der Waals surface area (Å²) in [6, 6.07) is 3.83. The van der Waals surface area contributed by atoms with Crippen molar-refractivity contribution in [2.24, 2.45) is 5.92 Å². The highest BCUT2D eigenvalue weighted by atomic mass is 32.1. The number of carbonyl (C=O) groups is 1. The molecule has 2 heterocycles. The lowest BCUT2D eigenvalue weighted by molar-refractivity contribution is 0.0939. The van der Waals surface area contributed by atoms with Crippen LogP contribution in [0.2, 0.25) is 0 Å². The third-order valence-corrected chi connectivity index (χ3v) is 3.27. The first-order chi connectivity index (χ1) is 7.68. The van der Waals surface area contributed by atoms with Crippen LogP contribution in [-0.4, -0.2) is 15.8 Å². The van der Waals surface area contributed by atoms with Crippen LogP contribution in [0.3, 0.4) is 0 Å². The molecule has 0 aromatic carbocycles. The molecule has 2 rings (SSSR count). The number of rotatable bonds is 3. The largest absolute Gasteiger partial charge is 0.291 e. The lowest BCUT2D eigenvalue weighted by Gasteiger charge is -1.98. The minimum atomic E-state index is -0.00330. The highest BCUT2D eigenvalue weighted by Gasteiger charge is 2.15. The number of aromatic nitrogens is 2. The van der Waals surface area contributed by atoms with Crippen molar-refractivity contribution >= 4 is 17.1 Å². The van der Waals surface area contributed by atoms with Gasteiger partial charge in [0.05, 0.1) is 4.88 Å². The maximum atomic E-state index is 11.7. The van der Waals surface area contributed by atoms with Crippen LogP contribution in [0.15, 0.2) is 30.7 Å². The molecule has 0 aliphatic heterocycles. The summed E-state index contributed by atoms with van der Waals surface area (Å²) in [5.74, 6) is 0.0988. The van der Waals surface area contributed by atoms with E-state index in [2.05, 4.69) is 9.97 Å². The summed E-state index contributed by atoms with van der Waals surface area (Å²) < 4.78 is 0. The summed E-state index contributed by atoms with van der Waals surface area (Å²) >= 11 is 1.43. The zero-order chi connectivity index (χ0) is 11.5. The van der Waals surface area contributed by atoms with Gasteiger partial charge in [-0.3, -0.25) is 9.78 Å². The van der Waals surface area contributed by atoms with E-state index in [9.17, 15) is 4.79 Å². The van der Waals surface area contributed by atoms with E-state index in [1.165, 1.54) is 11.3 Å². The van der Waals surface area contributed by atoms with Gasteiger partial charge in [-0.2, -0.15) is 0 Å². The molecule has 0 radical (unpaired) electrons. The predicted molar refractivity (Wildman–Crippen MR) is 64.5 cm³/mol. The Kier molecular flexibility index (Phi) is 3.10. The minimum absolute atomic E-state index is 0.00330. The summed E-state index contributed by atoms with van der Waals surface area (Å²) in [4.78, 5) is 20.9. The van der Waals surface area contributed by atoms with E-state index < -0.39 is 0 Å². The molecule has 2 aromatic heterocycles. The second-order valence-corrected chi connectivity index (χ2v) is 4.82. The monoisotopic (exact) mass is 232 g/mol. The molecule has 4 heteroatoms. The van der Waals surface area contributed by atoms with Gasteiger partial charge in [-0.05, 0) is 17.7 Å². The number of hydrogen-bond acceptors (Lipinski definition) is 4. The van der Waals surface area contributed by atoms with E-state index >= 15 is 0 Å². The number of carbonyl (C=O) groups excluding carboxylic acids is 1. The van der Waals surface area contributed by atoms with E-state index in [0.29, 0.717) is 5.01 Å². The molecule has 0 saturated heterocycles. The summed E-state index contributed by atoms with van der Waals surface area (Å²) in [6.45, 7) is 3.77. The first kappa shape index (κ1) is 11.0. The fourth-order valence-corrected chi connectivity index (χ4v) is 2.29. The Labute approximate surface area is 98.2 Å². The SMILES string of the molecule is CC(C)C(=O)c1ncc(-c2ccncc2)s1. The average molecular weight is 232 g/mol. The molecule has 0 bridgehead atoms. The summed E-state index contributed by atoms with van der Waals surface area (Å²) in [6.07, 6.45) is 5.22. The number of nitrogens with zero attached hydrogens (tertiary/aromatic N) is 2. The number of Topliss-reactive ketones (excluding diaryl/α,β-unsaturated/α-hetero) is 1. The Morgan fingerprint density at radius 3 is 2.62 bits per heavy atom. The van der Waals surface area contributed by atoms with Crippen molar-refractivity contribution in [3.8, 4) is 10.4 Å². The molecule has 0 unspecified atom stereocenters. The minimum Gasteiger partial charge on any atom is -0.291 e. The number of ketones is 1. The number of thiazole rings is 1. The second kappa shape index (κ2) is 4.53. The van der Waals surface area contributed by atoms with Crippen molar-refractivity contribution in [3.63, 3.8) is 0 Å². The van der Waals surface area contributed by atoms with Crippen LogP contribution in [0.5, 0.6) is 0 Å². The third-order valence-electron chi connectivity index (χ3n) is 2.21. The predicted octanol–water partition coefficient (Wildman–Crippen LogP) is 3.04. The van der Waals surface area contributed by atoms with Crippen molar-refractivity contribution in [1.29, 1.82) is 0 Å². The lowest BCUT2D eigenvalue weighted by atomic mass is 10.1. The third kappa shape index (κ3) is 2.17. The number of hydrogen-bond donors (Lipinski definition) is 0. The van der Waals surface area contributed by atoms with Gasteiger partial charge in [0.2, 0.25) is 0 Å². The molecular weight excluding hydrogens is 220 g/mol. The van der Waals surface area contributed by atoms with E-state index in [1.807, 2.05) is 26.0 Å². The normalized spacial score (nSPS) is 10.7. The second-order valence-electron chi connectivity index (χ2n) is 3.78. The first-order valence-electron chi connectivity index (χ1n) is 5.09. The standard InChI is InChI=1S/C12H12N2OS/c1-8(2)11(15)12-14-7-10(16-12)9-3-5-13-6-4-9/h3-8H,1-2H3. The summed E-state index contributed by atoms with van der Waals surface area (Å²) in [7, 11) is 0. The van der Waals surface area contributed by atoms with Crippen LogP contribution in [0.1, 0.15) is 23.6 Å². The topological polar surface area (TPSA) is 42.9 Å². The van der Waals surface area contributed by atoms with Gasteiger partial charge in [0.15, 0.2) is 10.8 Å². The van der Waals surface area contributed by atoms with Crippen LogP contribution in [0.4, 0.5) is 0 Å². The van der Waals surface area contributed by atoms with Gasteiger partial charge in [0.1, 0.15) is 0 Å². The van der Waals surface area contributed by atoms with Crippen molar-refractivity contribution in [1.82, 2.24) is 9.97 Å². The van der Waals surface area contributed by atoms with Crippen molar-refractivity contribution < 1.29 is 4.79 Å². The summed E-state index contributed by atoms with van der Waals surface area (Å²) in [5.41, 5.74) is 1.05. The van der Waals surface area contributed by atoms with Crippen LogP contribution in [0, 0.1) is 5.92 Å². The molecule has 0 spiro atoms. The van der Waals surface area contributed by atoms with Gasteiger partial charge in [0, 0.05) is 24.5 Å². The van der Waals surface area contributed by atoms with Crippen LogP contribution in [-0.2, 0) is 0 Å². The maximum Gasteiger partial charge on any atom is 0.193 e. The Bertz CT molecular complexity index is 491. The van der Waals surface area contributed by atoms with E-state index in [4.69, 9.17) is 0 Å². The molecule has 0 saturated carbocycles. The van der Waals surface area contributed by atoms with Crippen molar-refractivity contribution in [3.05, 3.63) is 35.7 Å². The molecule has 0 amide bonds. The van der Waals surface area contributed by atoms with E-state index in [-0.39, 0.29) is 11.7 Å². The van der Waals surface area contributed by atoms with Gasteiger partial charge in [-0.1, -0.05) is 13.8 Å². The van der Waals surface area contributed by atoms with Gasteiger partial charge < -0.3 is 0 Å². The van der Waals surface area contributed by atoms with Crippen molar-refractivity contribution in [2.45, 2.75) is 13.8 Å². The highest BCUT2D eigenvalue weighted by molar-refractivity contribution is 7.17. The molecule has 0 fully saturated rings. The summed E-state index contributed by atoms with van der Waals surface area (Å²) in [5, 5.41) is 0.585. The lowest BCUT2D eigenvalue weighted by Crippen LogP contribution is -2.06. The molecule has 2 aromatic rings. The van der Waals surface area contributed by atoms with Crippen LogP contribution in [0.25, 0.3) is 10.4 Å².